The maximum Gasteiger partial charge on any atom is 0.301 e. The molecule has 0 aromatic rings. The Kier molecular flexibility index (Phi) is 4.01. The van der Waals surface area contributed by atoms with Crippen molar-refractivity contribution in [1.82, 2.24) is 0 Å². The Morgan fingerprint density at radius 3 is 1.85 bits per heavy atom. The van der Waals surface area contributed by atoms with E-state index in [9.17, 15) is 0 Å². The van der Waals surface area contributed by atoms with Crippen LogP contribution in [0.25, 0.3) is 0 Å². The molecule has 0 heterocycles. The van der Waals surface area contributed by atoms with Gasteiger partial charge in [-0.05, 0) is 24.7 Å². The summed E-state index contributed by atoms with van der Waals surface area (Å²) >= 11 is 6.24. The Bertz CT molecular complexity index is 194. The van der Waals surface area contributed by atoms with E-state index in [0.29, 0.717) is 0 Å². The lowest BCUT2D eigenvalue weighted by Crippen LogP contribution is -2.48. The zero-order valence-electron chi connectivity index (χ0n) is 9.57. The number of hydrogen-bond acceptors (Lipinski definition) is 1. The molecule has 0 bridgehead atoms. The summed E-state index contributed by atoms with van der Waals surface area (Å²) in [4.78, 5) is 0. The van der Waals surface area contributed by atoms with Crippen molar-refractivity contribution in [3.63, 3.8) is 0 Å². The van der Waals surface area contributed by atoms with E-state index >= 15 is 0 Å². The average molecular weight is 237 g/mol. The molecular formula is C9H21ClOSi2. The summed E-state index contributed by atoms with van der Waals surface area (Å²) in [6.07, 6.45) is 0. The highest BCUT2D eigenvalue weighted by molar-refractivity contribution is 7.21. The van der Waals surface area contributed by atoms with Crippen LogP contribution in [0, 0.1) is 0 Å². The van der Waals surface area contributed by atoms with Crippen molar-refractivity contribution in [1.29, 1.82) is 0 Å². The highest BCUT2D eigenvalue weighted by atomic mass is 35.6. The molecule has 78 valence electrons. The third kappa shape index (κ3) is 3.98. The Morgan fingerprint density at radius 1 is 1.23 bits per heavy atom. The second-order valence-corrected chi connectivity index (χ2v) is 15.0. The third-order valence-corrected chi connectivity index (χ3v) is 11.8. The van der Waals surface area contributed by atoms with E-state index in [1.54, 1.807) is 5.70 Å². The largest absolute Gasteiger partial charge is 0.441 e. The molecule has 13 heavy (non-hydrogen) atoms. The molecule has 0 spiro atoms. The van der Waals surface area contributed by atoms with Crippen molar-refractivity contribution in [3.05, 3.63) is 12.3 Å². The summed E-state index contributed by atoms with van der Waals surface area (Å²) in [6.45, 7) is 16.8. The van der Waals surface area contributed by atoms with Crippen LogP contribution in [-0.4, -0.2) is 15.9 Å². The van der Waals surface area contributed by atoms with E-state index in [1.807, 2.05) is 6.55 Å². The first kappa shape index (κ1) is 13.4. The maximum absolute atomic E-state index is 6.24. The van der Waals surface area contributed by atoms with E-state index < -0.39 is 15.9 Å². The second kappa shape index (κ2) is 3.89. The summed E-state index contributed by atoms with van der Waals surface area (Å²) in [7, 11) is -3.83. The van der Waals surface area contributed by atoms with Crippen LogP contribution < -0.4 is 0 Å². The highest BCUT2D eigenvalue weighted by Crippen LogP contribution is 2.39. The summed E-state index contributed by atoms with van der Waals surface area (Å²) in [5.41, 5.74) is 1.79. The molecule has 1 unspecified atom stereocenters. The molecule has 0 fully saturated rings. The Balaban J connectivity index is 4.61. The minimum atomic E-state index is -2.12. The summed E-state index contributed by atoms with van der Waals surface area (Å²) in [5.74, 6) is 0. The molecule has 0 aromatic heterocycles. The zero-order chi connectivity index (χ0) is 10.9. The van der Waals surface area contributed by atoms with Gasteiger partial charge in [0.1, 0.15) is 0 Å². The minimum absolute atomic E-state index is 0.221. The van der Waals surface area contributed by atoms with Gasteiger partial charge in [-0.15, -0.1) is 17.7 Å². The summed E-state index contributed by atoms with van der Waals surface area (Å²) < 4.78 is 6.06. The van der Waals surface area contributed by atoms with Crippen LogP contribution in [0.4, 0.5) is 0 Å². The molecule has 0 aliphatic rings. The van der Waals surface area contributed by atoms with Gasteiger partial charge in [0.2, 0.25) is 0 Å². The topological polar surface area (TPSA) is 9.23 Å². The molecule has 0 N–H and O–H groups in total. The first-order valence-corrected chi connectivity index (χ1v) is 10.9. The molecule has 0 aromatic carbocycles. The Hall–Kier alpha value is 0.424. The zero-order valence-corrected chi connectivity index (χ0v) is 12.3. The van der Waals surface area contributed by atoms with Crippen LogP contribution in [0.15, 0.2) is 12.3 Å². The number of halogens is 1. The van der Waals surface area contributed by atoms with Crippen LogP contribution >= 0.6 is 11.1 Å². The fraction of sp³-hybridized carbons (Fsp3) is 0.778. The van der Waals surface area contributed by atoms with Crippen LogP contribution in [-0.2, 0) is 4.12 Å². The lowest BCUT2D eigenvalue weighted by atomic mass is 10.2. The normalized spacial score (nSPS) is 18.1. The molecule has 0 saturated carbocycles. The highest BCUT2D eigenvalue weighted by Gasteiger charge is 2.42. The van der Waals surface area contributed by atoms with Gasteiger partial charge in [0, 0.05) is 0 Å². The average Bonchev–Trinajstić information content (AvgIpc) is 1.83. The standard InChI is InChI=1S/C9H21ClOSi2/c1-8-13(7,10)11-12(5,6)9(2,3)4/h8H,1H2,2-7H3. The Labute approximate surface area is 89.1 Å². The summed E-state index contributed by atoms with van der Waals surface area (Å²) in [6, 6.07) is 0. The molecule has 0 aliphatic carbocycles. The van der Waals surface area contributed by atoms with Gasteiger partial charge in [0.25, 0.3) is 0 Å². The maximum atomic E-state index is 6.24. The first-order chi connectivity index (χ1) is 5.52. The van der Waals surface area contributed by atoms with Gasteiger partial charge in [-0.1, -0.05) is 26.5 Å². The van der Waals surface area contributed by atoms with E-state index in [0.717, 1.165) is 0 Å². The molecule has 0 amide bonds. The first-order valence-electron chi connectivity index (χ1n) is 4.54. The lowest BCUT2D eigenvalue weighted by molar-refractivity contribution is 0.504. The van der Waals surface area contributed by atoms with E-state index in [-0.39, 0.29) is 5.04 Å². The minimum Gasteiger partial charge on any atom is -0.441 e. The van der Waals surface area contributed by atoms with Gasteiger partial charge < -0.3 is 4.12 Å². The van der Waals surface area contributed by atoms with Gasteiger partial charge in [-0.3, -0.25) is 0 Å². The van der Waals surface area contributed by atoms with Crippen LogP contribution in [0.5, 0.6) is 0 Å². The molecule has 4 heteroatoms. The molecule has 0 saturated heterocycles. The van der Waals surface area contributed by atoms with E-state index in [4.69, 9.17) is 15.2 Å². The third-order valence-electron chi connectivity index (χ3n) is 2.63. The van der Waals surface area contributed by atoms with Crippen molar-refractivity contribution in [3.8, 4) is 0 Å². The second-order valence-electron chi connectivity index (χ2n) is 5.05. The van der Waals surface area contributed by atoms with Crippen LogP contribution in [0.2, 0.25) is 24.7 Å². The number of rotatable bonds is 3. The molecule has 1 atom stereocenters. The quantitative estimate of drug-likeness (QED) is 0.531. The Morgan fingerprint density at radius 2 is 1.62 bits per heavy atom. The molecule has 0 radical (unpaired) electrons. The summed E-state index contributed by atoms with van der Waals surface area (Å²) in [5, 5.41) is 0.221. The van der Waals surface area contributed by atoms with Crippen molar-refractivity contribution >= 4 is 27.0 Å². The predicted octanol–water partition coefficient (Wildman–Crippen LogP) is 4.04. The van der Waals surface area contributed by atoms with Crippen molar-refractivity contribution in [2.24, 2.45) is 0 Å². The van der Waals surface area contributed by atoms with Gasteiger partial charge in [-0.2, -0.15) is 0 Å². The molecule has 0 aliphatic heterocycles. The lowest BCUT2D eigenvalue weighted by Gasteiger charge is -2.40. The molecular weight excluding hydrogens is 216 g/mol. The van der Waals surface area contributed by atoms with Crippen molar-refractivity contribution in [2.75, 3.05) is 0 Å². The van der Waals surface area contributed by atoms with Crippen LogP contribution in [0.1, 0.15) is 20.8 Å². The monoisotopic (exact) mass is 236 g/mol. The molecule has 1 nitrogen and oxygen atoms in total. The fourth-order valence-electron chi connectivity index (χ4n) is 0.694. The van der Waals surface area contributed by atoms with E-state index in [2.05, 4.69) is 40.4 Å². The van der Waals surface area contributed by atoms with Crippen molar-refractivity contribution < 1.29 is 4.12 Å². The number of hydrogen-bond donors (Lipinski definition) is 0. The molecule has 0 rings (SSSR count). The SMILES string of the molecule is C=C[Si](C)(Cl)O[Si](C)(C)C(C)(C)C. The fourth-order valence-corrected chi connectivity index (χ4v) is 7.98. The predicted molar refractivity (Wildman–Crippen MR) is 66.0 cm³/mol. The van der Waals surface area contributed by atoms with E-state index in [1.165, 1.54) is 0 Å². The van der Waals surface area contributed by atoms with Gasteiger partial charge in [-0.25, -0.2) is 0 Å². The van der Waals surface area contributed by atoms with Crippen molar-refractivity contribution in [2.45, 2.75) is 45.5 Å². The smallest absolute Gasteiger partial charge is 0.301 e. The van der Waals surface area contributed by atoms with Gasteiger partial charge in [0.15, 0.2) is 8.32 Å². The van der Waals surface area contributed by atoms with Crippen LogP contribution in [0.3, 0.4) is 0 Å². The van der Waals surface area contributed by atoms with Gasteiger partial charge >= 0.3 is 7.63 Å². The van der Waals surface area contributed by atoms with Gasteiger partial charge in [0.05, 0.1) is 0 Å².